The van der Waals surface area contributed by atoms with E-state index in [1.54, 1.807) is 18.2 Å². The first-order chi connectivity index (χ1) is 17.9. The number of aromatic hydroxyl groups is 1. The molecule has 4 aromatic rings. The third-order valence-electron chi connectivity index (χ3n) is 6.94. The van der Waals surface area contributed by atoms with Gasteiger partial charge >= 0.3 is 0 Å². The van der Waals surface area contributed by atoms with E-state index in [0.717, 1.165) is 30.9 Å². The summed E-state index contributed by atoms with van der Waals surface area (Å²) in [6, 6.07) is 16.1. The van der Waals surface area contributed by atoms with E-state index in [2.05, 4.69) is 4.90 Å². The summed E-state index contributed by atoms with van der Waals surface area (Å²) in [4.78, 5) is 2.40. The number of piperidine rings is 1. The van der Waals surface area contributed by atoms with Gasteiger partial charge in [-0.1, -0.05) is 36.8 Å². The van der Waals surface area contributed by atoms with Crippen molar-refractivity contribution >= 4 is 23.2 Å². The van der Waals surface area contributed by atoms with Crippen LogP contribution in [0.15, 0.2) is 60.7 Å². The fourth-order valence-electron chi connectivity index (χ4n) is 4.98. The third-order valence-corrected chi connectivity index (χ3v) is 6.94. The van der Waals surface area contributed by atoms with Crippen molar-refractivity contribution in [2.24, 2.45) is 0 Å². The summed E-state index contributed by atoms with van der Waals surface area (Å²) < 4.78 is 62.5. The second kappa shape index (κ2) is 12.0. The zero-order chi connectivity index (χ0) is 25.9. The summed E-state index contributed by atoms with van der Waals surface area (Å²) in [5, 5.41) is 11.3. The highest BCUT2D eigenvalue weighted by Gasteiger charge is 2.22. The largest absolute Gasteiger partial charge is 0.508 e. The van der Waals surface area contributed by atoms with Crippen LogP contribution in [-0.2, 0) is 6.42 Å². The van der Waals surface area contributed by atoms with Gasteiger partial charge in [0.2, 0.25) is 0 Å². The molecular formula is C30H28ClF4NO2. The van der Waals surface area contributed by atoms with E-state index < -0.39 is 23.3 Å². The van der Waals surface area contributed by atoms with Crippen LogP contribution in [0.25, 0.3) is 21.9 Å². The van der Waals surface area contributed by atoms with Gasteiger partial charge in [-0.15, -0.1) is 12.4 Å². The lowest BCUT2D eigenvalue weighted by molar-refractivity contribution is 0.183. The van der Waals surface area contributed by atoms with Crippen LogP contribution in [-0.4, -0.2) is 36.2 Å². The molecular weight excluding hydrogens is 518 g/mol. The lowest BCUT2D eigenvalue weighted by Crippen LogP contribution is -2.33. The third kappa shape index (κ3) is 5.89. The summed E-state index contributed by atoms with van der Waals surface area (Å²) >= 11 is 0. The minimum atomic E-state index is -1.85. The molecule has 5 rings (SSSR count). The van der Waals surface area contributed by atoms with Crippen LogP contribution in [0, 0.1) is 23.3 Å². The number of fused-ring (bicyclic) bond motifs is 1. The van der Waals surface area contributed by atoms with Crippen LogP contribution < -0.4 is 4.74 Å². The molecule has 0 radical (unpaired) electrons. The first kappa shape index (κ1) is 27.7. The van der Waals surface area contributed by atoms with Crippen molar-refractivity contribution < 1.29 is 27.4 Å². The van der Waals surface area contributed by atoms with Crippen molar-refractivity contribution in [2.45, 2.75) is 25.7 Å². The second-order valence-electron chi connectivity index (χ2n) is 9.42. The average molecular weight is 546 g/mol. The van der Waals surface area contributed by atoms with E-state index in [4.69, 9.17) is 4.74 Å². The van der Waals surface area contributed by atoms with E-state index in [9.17, 15) is 22.7 Å². The van der Waals surface area contributed by atoms with Crippen LogP contribution in [0.5, 0.6) is 11.5 Å². The molecule has 1 heterocycles. The molecule has 38 heavy (non-hydrogen) atoms. The molecule has 8 heteroatoms. The topological polar surface area (TPSA) is 32.7 Å². The molecule has 1 N–H and O–H groups in total. The first-order valence-corrected chi connectivity index (χ1v) is 12.4. The fourth-order valence-corrected chi connectivity index (χ4v) is 4.98. The first-order valence-electron chi connectivity index (χ1n) is 12.4. The zero-order valence-electron chi connectivity index (χ0n) is 20.7. The quantitative estimate of drug-likeness (QED) is 0.147. The van der Waals surface area contributed by atoms with E-state index in [1.165, 1.54) is 31.4 Å². The molecule has 0 spiro atoms. The number of rotatable bonds is 7. The van der Waals surface area contributed by atoms with Crippen molar-refractivity contribution in [3.05, 3.63) is 95.1 Å². The van der Waals surface area contributed by atoms with Gasteiger partial charge in [-0.05, 0) is 90.1 Å². The normalized spacial score (nSPS) is 13.9. The molecule has 200 valence electrons. The van der Waals surface area contributed by atoms with Crippen molar-refractivity contribution in [1.29, 1.82) is 0 Å². The van der Waals surface area contributed by atoms with Gasteiger partial charge in [0, 0.05) is 12.1 Å². The number of benzene rings is 4. The van der Waals surface area contributed by atoms with E-state index in [-0.39, 0.29) is 29.3 Å². The highest BCUT2D eigenvalue weighted by Crippen LogP contribution is 2.36. The molecule has 0 amide bonds. The zero-order valence-corrected chi connectivity index (χ0v) is 21.5. The number of ether oxygens (including phenoxy) is 1. The van der Waals surface area contributed by atoms with Gasteiger partial charge in [-0.2, -0.15) is 0 Å². The van der Waals surface area contributed by atoms with Gasteiger partial charge < -0.3 is 9.84 Å². The Kier molecular flexibility index (Phi) is 8.80. The molecule has 0 atom stereocenters. The number of phenols is 1. The molecule has 1 aliphatic rings. The molecule has 1 aliphatic heterocycles. The average Bonchev–Trinajstić information content (AvgIpc) is 2.91. The maximum Gasteiger partial charge on any atom is 0.198 e. The van der Waals surface area contributed by atoms with Gasteiger partial charge in [0.1, 0.15) is 18.1 Å². The second-order valence-corrected chi connectivity index (χ2v) is 9.42. The maximum absolute atomic E-state index is 14.8. The van der Waals surface area contributed by atoms with E-state index in [1.807, 2.05) is 24.3 Å². The smallest absolute Gasteiger partial charge is 0.198 e. The Morgan fingerprint density at radius 2 is 1.50 bits per heavy atom. The molecule has 3 nitrogen and oxygen atoms in total. The van der Waals surface area contributed by atoms with Crippen LogP contribution >= 0.6 is 12.4 Å². The summed E-state index contributed by atoms with van der Waals surface area (Å²) in [5.41, 5.74) is 1.35. The Hall–Kier alpha value is -3.29. The number of hydrogen-bond acceptors (Lipinski definition) is 3. The van der Waals surface area contributed by atoms with Gasteiger partial charge in [0.25, 0.3) is 0 Å². The SMILES string of the molecule is Cl.Oc1ccc2c(Cc3ccc(OCCN4CCCCC4)cc3)c(-c3cc(F)c(F)c(F)c3F)ccc2c1. The van der Waals surface area contributed by atoms with Crippen LogP contribution in [0.4, 0.5) is 17.6 Å². The van der Waals surface area contributed by atoms with Gasteiger partial charge in [0.05, 0.1) is 0 Å². The number of hydrogen-bond donors (Lipinski definition) is 1. The lowest BCUT2D eigenvalue weighted by Gasteiger charge is -2.26. The number of nitrogens with zero attached hydrogens (tertiary/aromatic N) is 1. The minimum absolute atomic E-state index is 0. The number of likely N-dealkylation sites (tertiary alicyclic amines) is 1. The Bertz CT molecular complexity index is 1420. The molecule has 4 aromatic carbocycles. The number of halogens is 5. The minimum Gasteiger partial charge on any atom is -0.508 e. The molecule has 0 saturated carbocycles. The van der Waals surface area contributed by atoms with Crippen LogP contribution in [0.2, 0.25) is 0 Å². The Morgan fingerprint density at radius 3 is 2.24 bits per heavy atom. The fraction of sp³-hybridized carbons (Fsp3) is 0.267. The molecule has 0 aliphatic carbocycles. The maximum atomic E-state index is 14.8. The Balaban J connectivity index is 0.00000336. The number of phenolic OH excluding ortho intramolecular Hbond substituents is 1. The van der Waals surface area contributed by atoms with Crippen molar-refractivity contribution in [3.8, 4) is 22.6 Å². The molecule has 1 fully saturated rings. The molecule has 0 unspecified atom stereocenters. The Labute approximate surface area is 225 Å². The van der Waals surface area contributed by atoms with Crippen molar-refractivity contribution in [1.82, 2.24) is 4.90 Å². The molecule has 1 saturated heterocycles. The van der Waals surface area contributed by atoms with Gasteiger partial charge in [0.15, 0.2) is 23.3 Å². The predicted octanol–water partition coefficient (Wildman–Crippen LogP) is 7.65. The van der Waals surface area contributed by atoms with Crippen molar-refractivity contribution in [2.75, 3.05) is 26.2 Å². The Morgan fingerprint density at radius 1 is 0.763 bits per heavy atom. The standard InChI is InChI=1S/C30H27F4NO2.ClH/c31-27-18-26(28(32)30(34)29(27)33)24-10-6-20-17-21(36)7-11-23(20)25(24)16-19-4-8-22(9-5-19)37-15-14-35-12-2-1-3-13-35;/h4-11,17-18,36H,1-3,12-16H2;1H. The van der Waals surface area contributed by atoms with Gasteiger partial charge in [-0.3, -0.25) is 4.90 Å². The molecule has 0 bridgehead atoms. The highest BCUT2D eigenvalue weighted by atomic mass is 35.5. The summed E-state index contributed by atoms with van der Waals surface area (Å²) in [7, 11) is 0. The monoisotopic (exact) mass is 545 g/mol. The summed E-state index contributed by atoms with van der Waals surface area (Å²) in [6.07, 6.45) is 4.05. The lowest BCUT2D eigenvalue weighted by atomic mass is 9.89. The van der Waals surface area contributed by atoms with E-state index >= 15 is 0 Å². The summed E-state index contributed by atoms with van der Waals surface area (Å²) in [6.45, 7) is 3.69. The molecule has 0 aromatic heterocycles. The van der Waals surface area contributed by atoms with E-state index in [0.29, 0.717) is 35.4 Å². The predicted molar refractivity (Wildman–Crippen MR) is 143 cm³/mol. The van der Waals surface area contributed by atoms with Crippen molar-refractivity contribution in [3.63, 3.8) is 0 Å². The van der Waals surface area contributed by atoms with Gasteiger partial charge in [-0.25, -0.2) is 17.6 Å². The van der Waals surface area contributed by atoms with Crippen LogP contribution in [0.1, 0.15) is 30.4 Å². The summed E-state index contributed by atoms with van der Waals surface area (Å²) in [5.74, 6) is -5.81. The van der Waals surface area contributed by atoms with Crippen LogP contribution in [0.3, 0.4) is 0 Å². The highest BCUT2D eigenvalue weighted by molar-refractivity contribution is 5.93.